The number of anilines is 1. The number of amides is 1. The summed E-state index contributed by atoms with van der Waals surface area (Å²) in [6, 6.07) is 12.6. The number of hydrogen-bond acceptors (Lipinski definition) is 7. The van der Waals surface area contributed by atoms with Crippen LogP contribution in [0, 0.1) is 23.7 Å². The fraction of sp³-hybridized carbons (Fsp3) is 0.605. The number of ether oxygens (including phenoxy) is 1. The Labute approximate surface area is 290 Å². The molecule has 10 heteroatoms. The average Bonchev–Trinajstić information content (AvgIpc) is 3.03. The Morgan fingerprint density at radius 2 is 1.77 bits per heavy atom. The van der Waals surface area contributed by atoms with E-state index in [4.69, 9.17) is 10.1 Å². The number of benzene rings is 2. The second-order valence-electron chi connectivity index (χ2n) is 14.3. The van der Waals surface area contributed by atoms with Gasteiger partial charge in [-0.2, -0.15) is 4.65 Å². The summed E-state index contributed by atoms with van der Waals surface area (Å²) in [5, 5.41) is 22.3. The molecule has 1 amide bonds. The first-order chi connectivity index (χ1) is 22.8. The number of nitrogens with zero attached hydrogens (tertiary/aromatic N) is 2. The molecule has 0 radical (unpaired) electrons. The van der Waals surface area contributed by atoms with Gasteiger partial charge in [0.2, 0.25) is 0 Å². The average molecular weight is 682 g/mol. The molecule has 2 saturated heterocycles. The van der Waals surface area contributed by atoms with Gasteiger partial charge in [-0.05, 0) is 74.8 Å². The molecule has 2 unspecified atom stereocenters. The van der Waals surface area contributed by atoms with Gasteiger partial charge in [0, 0.05) is 60.4 Å². The van der Waals surface area contributed by atoms with Gasteiger partial charge in [-0.3, -0.25) is 9.59 Å². The van der Waals surface area contributed by atoms with E-state index in [-0.39, 0.29) is 28.9 Å². The maximum absolute atomic E-state index is 14.1. The first-order valence-electron chi connectivity index (χ1n) is 17.6. The van der Waals surface area contributed by atoms with E-state index in [9.17, 15) is 19.3 Å². The quantitative estimate of drug-likeness (QED) is 0.115. The number of Topliss-reactive ketones (excluding diaryl/α,β-unsaturated/α-hetero) is 1. The molecule has 48 heavy (non-hydrogen) atoms. The molecule has 9 nitrogen and oxygen atoms in total. The van der Waals surface area contributed by atoms with E-state index in [0.29, 0.717) is 62.0 Å². The van der Waals surface area contributed by atoms with Crippen LogP contribution >= 0.6 is 0 Å². The van der Waals surface area contributed by atoms with Crippen LogP contribution in [-0.2, 0) is 27.3 Å². The Hall–Kier alpha value is -2.76. The molecule has 2 aromatic carbocycles. The zero-order valence-electron chi connectivity index (χ0n) is 29.9. The number of hydroxylamine groups is 3. The van der Waals surface area contributed by atoms with Gasteiger partial charge in [-0.15, -0.1) is 0 Å². The van der Waals surface area contributed by atoms with Gasteiger partial charge in [0.25, 0.3) is 5.91 Å². The van der Waals surface area contributed by atoms with E-state index in [0.717, 1.165) is 60.2 Å². The molecule has 2 aliphatic rings. The van der Waals surface area contributed by atoms with Crippen molar-refractivity contribution in [2.24, 2.45) is 11.3 Å². The summed E-state index contributed by atoms with van der Waals surface area (Å²) in [6.07, 6.45) is 3.88. The second-order valence-corrected chi connectivity index (χ2v) is 16.0. The van der Waals surface area contributed by atoms with Crippen LogP contribution in [0.4, 0.5) is 5.69 Å². The van der Waals surface area contributed by atoms with Crippen molar-refractivity contribution in [3.05, 3.63) is 53.1 Å². The molecule has 4 rings (SSSR count). The third kappa shape index (κ3) is 9.47. The van der Waals surface area contributed by atoms with Crippen molar-refractivity contribution >= 4 is 34.3 Å². The van der Waals surface area contributed by atoms with Crippen molar-refractivity contribution < 1.29 is 28.7 Å². The first-order valence-corrected chi connectivity index (χ1v) is 19.1. The normalized spacial score (nSPS) is 21.2. The molecule has 2 heterocycles. The minimum atomic E-state index is -0.777. The van der Waals surface area contributed by atoms with E-state index >= 15 is 0 Å². The first kappa shape index (κ1) is 38.0. The number of carbonyl (C=O) groups excluding carboxylic acids is 2. The topological polar surface area (TPSA) is 126 Å². The fourth-order valence-electron chi connectivity index (χ4n) is 7.83. The zero-order valence-corrected chi connectivity index (χ0v) is 30.7. The standard InChI is InChI=1S/C38H56N4O5S/c1-7-15-38(6,24-27(3)39)35(29(5)43)25-40-37(44)34-22-32(23-36(28(34)4)41(8-2)33-13-20-48(46)21-14-33)31-11-9-30(10-12-31)26-42(45)16-18-47-19-17-42/h9-12,22-23,33,35,39,45H,7-8,13-21,24-26H2,1-6H3/p+1. The van der Waals surface area contributed by atoms with Crippen molar-refractivity contribution in [2.45, 2.75) is 86.2 Å². The Bertz CT molecular complexity index is 1420. The van der Waals surface area contributed by atoms with Crippen molar-refractivity contribution in [2.75, 3.05) is 55.8 Å². The lowest BCUT2D eigenvalue weighted by atomic mass is 9.69. The van der Waals surface area contributed by atoms with E-state index in [2.05, 4.69) is 49.2 Å². The Kier molecular flexibility index (Phi) is 13.3. The zero-order chi connectivity index (χ0) is 35.1. The number of carbonyl (C=O) groups is 2. The summed E-state index contributed by atoms with van der Waals surface area (Å²) < 4.78 is 17.6. The van der Waals surface area contributed by atoms with Gasteiger partial charge in [0.15, 0.2) is 0 Å². The molecule has 2 aliphatic heterocycles. The van der Waals surface area contributed by atoms with E-state index in [1.165, 1.54) is 0 Å². The molecule has 264 valence electrons. The molecule has 2 atom stereocenters. The number of quaternary nitrogens is 1. The van der Waals surface area contributed by atoms with Crippen molar-refractivity contribution in [3.63, 3.8) is 0 Å². The summed E-state index contributed by atoms with van der Waals surface area (Å²) in [6.45, 7) is 15.3. The van der Waals surface area contributed by atoms with Crippen LogP contribution in [-0.4, -0.2) is 88.7 Å². The van der Waals surface area contributed by atoms with Crippen LogP contribution in [0.1, 0.15) is 88.2 Å². The van der Waals surface area contributed by atoms with E-state index in [1.807, 2.05) is 25.1 Å². The highest BCUT2D eigenvalue weighted by Crippen LogP contribution is 2.38. The summed E-state index contributed by atoms with van der Waals surface area (Å²) in [5.74, 6) is 0.767. The SMILES string of the molecule is CCCC(C)(CC(C)=N)C(CNC(=O)c1cc(-c2ccc(C[N+]3(O)CCOCC3)cc2)cc(N(CC)C2CC[S+]([O-])CC2)c1C)C(C)=O. The molecule has 0 spiro atoms. The largest absolute Gasteiger partial charge is 0.616 e. The minimum Gasteiger partial charge on any atom is -0.616 e. The molecular formula is C38H57N4O5S+. The summed E-state index contributed by atoms with van der Waals surface area (Å²) in [5.41, 5.74) is 5.49. The Morgan fingerprint density at radius 1 is 1.12 bits per heavy atom. The lowest BCUT2D eigenvalue weighted by Crippen LogP contribution is -2.51. The monoisotopic (exact) mass is 681 g/mol. The van der Waals surface area contributed by atoms with Gasteiger partial charge >= 0.3 is 0 Å². The van der Waals surface area contributed by atoms with Crippen LogP contribution in [0.15, 0.2) is 36.4 Å². The van der Waals surface area contributed by atoms with Crippen LogP contribution < -0.4 is 10.2 Å². The minimum absolute atomic E-state index is 0.0228. The number of hydrogen-bond donors (Lipinski definition) is 3. The highest BCUT2D eigenvalue weighted by atomic mass is 32.2. The number of morpholine rings is 1. The molecule has 0 aromatic heterocycles. The van der Waals surface area contributed by atoms with Crippen LogP contribution in [0.25, 0.3) is 11.1 Å². The molecule has 0 bridgehead atoms. The van der Waals surface area contributed by atoms with Crippen LogP contribution in [0.5, 0.6) is 0 Å². The van der Waals surface area contributed by atoms with E-state index in [1.54, 1.807) is 13.8 Å². The van der Waals surface area contributed by atoms with Crippen molar-refractivity contribution in [1.82, 2.24) is 5.32 Å². The van der Waals surface area contributed by atoms with Gasteiger partial charge in [-0.25, -0.2) is 5.21 Å². The molecular weight excluding hydrogens is 625 g/mol. The highest BCUT2D eigenvalue weighted by Gasteiger charge is 2.37. The summed E-state index contributed by atoms with van der Waals surface area (Å²) in [4.78, 5) is 29.5. The highest BCUT2D eigenvalue weighted by molar-refractivity contribution is 7.91. The molecule has 2 fully saturated rings. The predicted octanol–water partition coefficient (Wildman–Crippen LogP) is 6.31. The third-order valence-electron chi connectivity index (χ3n) is 10.4. The van der Waals surface area contributed by atoms with Gasteiger partial charge < -0.3 is 24.9 Å². The van der Waals surface area contributed by atoms with Crippen LogP contribution in [0.3, 0.4) is 0 Å². The van der Waals surface area contributed by atoms with Crippen molar-refractivity contribution in [3.8, 4) is 11.1 Å². The van der Waals surface area contributed by atoms with Gasteiger partial charge in [0.1, 0.15) is 36.9 Å². The Morgan fingerprint density at radius 3 is 2.33 bits per heavy atom. The fourth-order valence-corrected chi connectivity index (χ4v) is 9.11. The molecule has 0 saturated carbocycles. The number of rotatable bonds is 15. The predicted molar refractivity (Wildman–Crippen MR) is 194 cm³/mol. The maximum atomic E-state index is 14.1. The van der Waals surface area contributed by atoms with Crippen LogP contribution in [0.2, 0.25) is 0 Å². The maximum Gasteiger partial charge on any atom is 0.251 e. The molecule has 0 aliphatic carbocycles. The van der Waals surface area contributed by atoms with Gasteiger partial charge in [-0.1, -0.05) is 55.7 Å². The summed E-state index contributed by atoms with van der Waals surface area (Å²) >= 11 is -0.777. The lowest BCUT2D eigenvalue weighted by molar-refractivity contribution is -1.12. The smallest absolute Gasteiger partial charge is 0.251 e. The second kappa shape index (κ2) is 16.8. The third-order valence-corrected chi connectivity index (χ3v) is 11.8. The summed E-state index contributed by atoms with van der Waals surface area (Å²) in [7, 11) is 0. The molecule has 2 aromatic rings. The van der Waals surface area contributed by atoms with E-state index < -0.39 is 22.5 Å². The molecule has 3 N–H and O–H groups in total. The Balaban J connectivity index is 1.68. The lowest BCUT2D eigenvalue weighted by Gasteiger charge is -2.37. The number of nitrogens with one attached hydrogen (secondary N) is 2. The number of ketones is 1. The van der Waals surface area contributed by atoms with Crippen molar-refractivity contribution in [1.29, 1.82) is 5.41 Å². The van der Waals surface area contributed by atoms with Gasteiger partial charge in [0.05, 0.1) is 13.2 Å².